The van der Waals surface area contributed by atoms with Gasteiger partial charge in [-0.25, -0.2) is 4.98 Å². The summed E-state index contributed by atoms with van der Waals surface area (Å²) >= 11 is 5.34. The second-order valence-corrected chi connectivity index (χ2v) is 2.74. The summed E-state index contributed by atoms with van der Waals surface area (Å²) in [5.41, 5.74) is -1.15. The molecule has 0 unspecified atom stereocenters. The van der Waals surface area contributed by atoms with Gasteiger partial charge in [-0.2, -0.15) is 18.4 Å². The average molecular weight is 221 g/mol. The molecule has 74 valence electrons. The molecule has 2 nitrogen and oxygen atoms in total. The van der Waals surface area contributed by atoms with Crippen LogP contribution in [0.1, 0.15) is 17.0 Å². The highest BCUT2D eigenvalue weighted by molar-refractivity contribution is 6.16. The first-order valence-corrected chi connectivity index (χ1v) is 4.05. The first-order chi connectivity index (χ1) is 6.47. The van der Waals surface area contributed by atoms with Crippen molar-refractivity contribution in [1.29, 1.82) is 5.26 Å². The van der Waals surface area contributed by atoms with Gasteiger partial charge in [-0.15, -0.1) is 11.6 Å². The number of hydrogen-bond donors (Lipinski definition) is 0. The molecule has 0 aliphatic heterocycles. The van der Waals surface area contributed by atoms with Gasteiger partial charge in [0.15, 0.2) is 0 Å². The fourth-order valence-electron chi connectivity index (χ4n) is 0.866. The molecule has 0 amide bonds. The SMILES string of the molecule is N#Cc1cc(CCl)nc(C(F)(F)F)c1. The molecule has 0 fully saturated rings. The molecule has 1 heterocycles. The van der Waals surface area contributed by atoms with Gasteiger partial charge in [0.2, 0.25) is 0 Å². The smallest absolute Gasteiger partial charge is 0.247 e. The fourth-order valence-corrected chi connectivity index (χ4v) is 1.00. The van der Waals surface area contributed by atoms with E-state index in [1.165, 1.54) is 6.07 Å². The lowest BCUT2D eigenvalue weighted by Gasteiger charge is -2.06. The normalized spacial score (nSPS) is 11.1. The van der Waals surface area contributed by atoms with Gasteiger partial charge in [0.1, 0.15) is 5.69 Å². The topological polar surface area (TPSA) is 36.7 Å². The number of nitrogens with zero attached hydrogens (tertiary/aromatic N) is 2. The molecule has 1 rings (SSSR count). The van der Waals surface area contributed by atoms with E-state index in [0.717, 1.165) is 0 Å². The van der Waals surface area contributed by atoms with Gasteiger partial charge in [-0.05, 0) is 12.1 Å². The number of hydrogen-bond acceptors (Lipinski definition) is 2. The van der Waals surface area contributed by atoms with Crippen LogP contribution >= 0.6 is 11.6 Å². The van der Waals surface area contributed by atoms with Crippen LogP contribution in [-0.2, 0) is 12.1 Å². The number of nitriles is 1. The van der Waals surface area contributed by atoms with Crippen molar-refractivity contribution in [2.45, 2.75) is 12.1 Å². The largest absolute Gasteiger partial charge is 0.433 e. The maximum absolute atomic E-state index is 12.2. The maximum atomic E-state index is 12.2. The van der Waals surface area contributed by atoms with Crippen molar-refractivity contribution in [2.75, 3.05) is 0 Å². The third kappa shape index (κ3) is 2.36. The molecule has 0 aromatic carbocycles. The summed E-state index contributed by atoms with van der Waals surface area (Å²) in [7, 11) is 0. The summed E-state index contributed by atoms with van der Waals surface area (Å²) in [6.45, 7) is 0. The Morgan fingerprint density at radius 2 is 2.07 bits per heavy atom. The van der Waals surface area contributed by atoms with E-state index in [1.54, 1.807) is 6.07 Å². The predicted molar refractivity (Wildman–Crippen MR) is 43.5 cm³/mol. The zero-order valence-electron chi connectivity index (χ0n) is 6.77. The molecule has 0 saturated heterocycles. The van der Waals surface area contributed by atoms with Gasteiger partial charge in [0.05, 0.1) is 23.2 Å². The highest BCUT2D eigenvalue weighted by Crippen LogP contribution is 2.28. The van der Waals surface area contributed by atoms with E-state index in [4.69, 9.17) is 16.9 Å². The van der Waals surface area contributed by atoms with Crippen LogP contribution < -0.4 is 0 Å². The average Bonchev–Trinajstić information content (AvgIpc) is 2.15. The Hall–Kier alpha value is -1.28. The standard InChI is InChI=1S/C8H4ClF3N2/c9-3-6-1-5(4-13)2-7(14-6)8(10,11)12/h1-2H,3H2. The second-order valence-electron chi connectivity index (χ2n) is 2.48. The number of rotatable bonds is 1. The summed E-state index contributed by atoms with van der Waals surface area (Å²) in [5.74, 6) is -0.154. The minimum absolute atomic E-state index is 0.0399. The Bertz CT molecular complexity index is 381. The minimum Gasteiger partial charge on any atom is -0.247 e. The summed E-state index contributed by atoms with van der Waals surface area (Å²) in [5, 5.41) is 8.46. The van der Waals surface area contributed by atoms with E-state index in [2.05, 4.69) is 4.98 Å². The van der Waals surface area contributed by atoms with Crippen molar-refractivity contribution in [3.8, 4) is 6.07 Å². The third-order valence-electron chi connectivity index (χ3n) is 1.43. The van der Waals surface area contributed by atoms with E-state index < -0.39 is 11.9 Å². The van der Waals surface area contributed by atoms with Crippen molar-refractivity contribution >= 4 is 11.6 Å². The Balaban J connectivity index is 3.26. The van der Waals surface area contributed by atoms with Crippen molar-refractivity contribution < 1.29 is 13.2 Å². The second kappa shape index (κ2) is 3.84. The zero-order chi connectivity index (χ0) is 10.8. The quantitative estimate of drug-likeness (QED) is 0.683. The molecule has 14 heavy (non-hydrogen) atoms. The summed E-state index contributed by atoms with van der Waals surface area (Å²) in [6.07, 6.45) is -4.55. The van der Waals surface area contributed by atoms with Crippen molar-refractivity contribution in [3.05, 3.63) is 29.1 Å². The van der Waals surface area contributed by atoms with Gasteiger partial charge in [0, 0.05) is 0 Å². The molecule has 0 saturated carbocycles. The molecule has 0 bridgehead atoms. The van der Waals surface area contributed by atoms with E-state index in [9.17, 15) is 13.2 Å². The van der Waals surface area contributed by atoms with Crippen LogP contribution in [0.3, 0.4) is 0 Å². The van der Waals surface area contributed by atoms with Gasteiger partial charge in [0.25, 0.3) is 0 Å². The van der Waals surface area contributed by atoms with Crippen molar-refractivity contribution in [2.24, 2.45) is 0 Å². The monoisotopic (exact) mass is 220 g/mol. The van der Waals surface area contributed by atoms with Gasteiger partial charge in [-0.1, -0.05) is 0 Å². The van der Waals surface area contributed by atoms with Crippen LogP contribution in [0.5, 0.6) is 0 Å². The van der Waals surface area contributed by atoms with Gasteiger partial charge in [-0.3, -0.25) is 0 Å². The Labute approximate surface area is 82.9 Å². The molecule has 1 aromatic heterocycles. The van der Waals surface area contributed by atoms with Gasteiger partial charge < -0.3 is 0 Å². The van der Waals surface area contributed by atoms with Crippen molar-refractivity contribution in [3.63, 3.8) is 0 Å². The minimum atomic E-state index is -4.55. The third-order valence-corrected chi connectivity index (χ3v) is 1.71. The molecule has 1 aromatic rings. The zero-order valence-corrected chi connectivity index (χ0v) is 7.52. The van der Waals surface area contributed by atoms with E-state index in [0.29, 0.717) is 6.07 Å². The molecule has 0 radical (unpaired) electrons. The molecule has 6 heteroatoms. The Morgan fingerprint density at radius 3 is 2.50 bits per heavy atom. The highest BCUT2D eigenvalue weighted by Gasteiger charge is 2.33. The summed E-state index contributed by atoms with van der Waals surface area (Å²) in [4.78, 5) is 3.26. The number of halogens is 4. The van der Waals surface area contributed by atoms with E-state index >= 15 is 0 Å². The van der Waals surface area contributed by atoms with Crippen LogP contribution in [0.15, 0.2) is 12.1 Å². The van der Waals surface area contributed by atoms with E-state index in [1.807, 2.05) is 0 Å². The highest BCUT2D eigenvalue weighted by atomic mass is 35.5. The molecular weight excluding hydrogens is 217 g/mol. The number of aromatic nitrogens is 1. The Kier molecular flexibility index (Phi) is 2.96. The van der Waals surface area contributed by atoms with Crippen LogP contribution in [0.25, 0.3) is 0 Å². The lowest BCUT2D eigenvalue weighted by atomic mass is 10.2. The molecular formula is C8H4ClF3N2. The van der Waals surface area contributed by atoms with Crippen LogP contribution in [-0.4, -0.2) is 4.98 Å². The summed E-state index contributed by atoms with van der Waals surface area (Å²) in [6, 6.07) is 3.53. The number of pyridine rings is 1. The maximum Gasteiger partial charge on any atom is 0.433 e. The Morgan fingerprint density at radius 1 is 1.43 bits per heavy atom. The molecule has 0 aliphatic carbocycles. The lowest BCUT2D eigenvalue weighted by Crippen LogP contribution is -2.09. The van der Waals surface area contributed by atoms with Crippen LogP contribution in [0.4, 0.5) is 13.2 Å². The first kappa shape index (κ1) is 10.8. The van der Waals surface area contributed by atoms with Crippen molar-refractivity contribution in [1.82, 2.24) is 4.98 Å². The van der Waals surface area contributed by atoms with Crippen LogP contribution in [0, 0.1) is 11.3 Å². The molecule has 0 atom stereocenters. The lowest BCUT2D eigenvalue weighted by molar-refractivity contribution is -0.141. The van der Waals surface area contributed by atoms with Crippen LogP contribution in [0.2, 0.25) is 0 Å². The first-order valence-electron chi connectivity index (χ1n) is 3.51. The molecule has 0 spiro atoms. The van der Waals surface area contributed by atoms with E-state index in [-0.39, 0.29) is 17.1 Å². The molecule has 0 N–H and O–H groups in total. The predicted octanol–water partition coefficient (Wildman–Crippen LogP) is 2.71. The van der Waals surface area contributed by atoms with Gasteiger partial charge >= 0.3 is 6.18 Å². The molecule has 0 aliphatic rings. The fraction of sp³-hybridized carbons (Fsp3) is 0.250. The summed E-state index contributed by atoms with van der Waals surface area (Å²) < 4.78 is 36.6. The number of alkyl halides is 4.